The van der Waals surface area contributed by atoms with Gasteiger partial charge in [0.15, 0.2) is 0 Å². The number of phenols is 1. The van der Waals surface area contributed by atoms with E-state index >= 15 is 0 Å². The Morgan fingerprint density at radius 1 is 1.18 bits per heavy atom. The van der Waals surface area contributed by atoms with Gasteiger partial charge in [-0.15, -0.1) is 0 Å². The summed E-state index contributed by atoms with van der Waals surface area (Å²) < 4.78 is 5.05. The number of phenolic OH excluding ortho intramolecular Hbond substituents is 1. The molecule has 0 fully saturated rings. The highest BCUT2D eigenvalue weighted by molar-refractivity contribution is 5.85. The average molecular weight is 299 g/mol. The Morgan fingerprint density at radius 3 is 2.68 bits per heavy atom. The standard InChI is InChI=1S/C15H13N3O4/c1-22-14-5-6-15(19)12(8-14)10-17-16-9-11-3-2-4-13(7-11)18(20)21/h2-10,19H,1H3/b16-9-,17-10+. The predicted molar refractivity (Wildman–Crippen MR) is 82.9 cm³/mol. The minimum atomic E-state index is -0.477. The highest BCUT2D eigenvalue weighted by atomic mass is 16.6. The number of non-ortho nitro benzene ring substituents is 1. The third-order valence-electron chi connectivity index (χ3n) is 2.79. The van der Waals surface area contributed by atoms with Crippen LogP contribution in [0.5, 0.6) is 11.5 Å². The molecule has 112 valence electrons. The van der Waals surface area contributed by atoms with Gasteiger partial charge in [-0.1, -0.05) is 12.1 Å². The van der Waals surface area contributed by atoms with E-state index in [2.05, 4.69) is 10.2 Å². The number of rotatable bonds is 5. The van der Waals surface area contributed by atoms with Crippen molar-refractivity contribution in [3.8, 4) is 11.5 Å². The van der Waals surface area contributed by atoms with E-state index in [-0.39, 0.29) is 11.4 Å². The van der Waals surface area contributed by atoms with Gasteiger partial charge >= 0.3 is 0 Å². The molecule has 0 aliphatic rings. The number of methoxy groups -OCH3 is 1. The molecule has 7 heteroatoms. The van der Waals surface area contributed by atoms with E-state index in [0.29, 0.717) is 16.9 Å². The number of ether oxygens (including phenoxy) is 1. The number of nitrogens with zero attached hydrogens (tertiary/aromatic N) is 3. The number of hydrogen-bond acceptors (Lipinski definition) is 6. The first-order chi connectivity index (χ1) is 10.6. The number of aromatic hydroxyl groups is 1. The third-order valence-corrected chi connectivity index (χ3v) is 2.79. The van der Waals surface area contributed by atoms with Crippen LogP contribution in [0.3, 0.4) is 0 Å². The highest BCUT2D eigenvalue weighted by Crippen LogP contribution is 2.21. The molecule has 0 saturated heterocycles. The second-order valence-corrected chi connectivity index (χ2v) is 4.27. The van der Waals surface area contributed by atoms with Gasteiger partial charge in [-0.25, -0.2) is 0 Å². The van der Waals surface area contributed by atoms with E-state index in [9.17, 15) is 15.2 Å². The third kappa shape index (κ3) is 3.89. The Morgan fingerprint density at radius 2 is 1.95 bits per heavy atom. The molecule has 1 N–H and O–H groups in total. The van der Waals surface area contributed by atoms with Crippen LogP contribution in [-0.2, 0) is 0 Å². The molecule has 0 heterocycles. The lowest BCUT2D eigenvalue weighted by Gasteiger charge is -2.01. The SMILES string of the molecule is COc1ccc(O)c(/C=N/N=C\c2cccc([N+](=O)[O-])c2)c1. The van der Waals surface area contributed by atoms with Crippen molar-refractivity contribution in [1.29, 1.82) is 0 Å². The lowest BCUT2D eigenvalue weighted by atomic mass is 10.2. The predicted octanol–water partition coefficient (Wildman–Crippen LogP) is 2.76. The van der Waals surface area contributed by atoms with Gasteiger partial charge in [0, 0.05) is 23.3 Å². The van der Waals surface area contributed by atoms with Crippen molar-refractivity contribution in [2.45, 2.75) is 0 Å². The maximum Gasteiger partial charge on any atom is 0.270 e. The second-order valence-electron chi connectivity index (χ2n) is 4.27. The van der Waals surface area contributed by atoms with Crippen LogP contribution < -0.4 is 4.74 Å². The first kappa shape index (κ1) is 15.2. The summed E-state index contributed by atoms with van der Waals surface area (Å²) in [6.07, 6.45) is 2.76. The number of benzene rings is 2. The van der Waals surface area contributed by atoms with Crippen molar-refractivity contribution in [3.63, 3.8) is 0 Å². The van der Waals surface area contributed by atoms with E-state index in [0.717, 1.165) is 0 Å². The van der Waals surface area contributed by atoms with Crippen molar-refractivity contribution in [2.24, 2.45) is 10.2 Å². The smallest absolute Gasteiger partial charge is 0.270 e. The van der Waals surface area contributed by atoms with Crippen LogP contribution in [0, 0.1) is 10.1 Å². The number of hydrogen-bond donors (Lipinski definition) is 1. The minimum Gasteiger partial charge on any atom is -0.507 e. The van der Waals surface area contributed by atoms with Crippen LogP contribution in [-0.4, -0.2) is 29.6 Å². The van der Waals surface area contributed by atoms with E-state index in [4.69, 9.17) is 4.74 Å². The van der Waals surface area contributed by atoms with Crippen LogP contribution in [0.2, 0.25) is 0 Å². The summed E-state index contributed by atoms with van der Waals surface area (Å²) in [5, 5.41) is 27.9. The zero-order valence-corrected chi connectivity index (χ0v) is 11.7. The van der Waals surface area contributed by atoms with Crippen molar-refractivity contribution >= 4 is 18.1 Å². The molecule has 0 bridgehead atoms. The quantitative estimate of drug-likeness (QED) is 0.521. The van der Waals surface area contributed by atoms with Crippen LogP contribution in [0.25, 0.3) is 0 Å². The fourth-order valence-electron chi connectivity index (χ4n) is 1.68. The first-order valence-electron chi connectivity index (χ1n) is 6.28. The summed E-state index contributed by atoms with van der Waals surface area (Å²) >= 11 is 0. The molecule has 2 aromatic carbocycles. The first-order valence-corrected chi connectivity index (χ1v) is 6.28. The van der Waals surface area contributed by atoms with E-state index in [1.54, 1.807) is 24.3 Å². The van der Waals surface area contributed by atoms with Gasteiger partial charge in [0.1, 0.15) is 11.5 Å². The summed E-state index contributed by atoms with van der Waals surface area (Å²) in [4.78, 5) is 10.2. The molecule has 7 nitrogen and oxygen atoms in total. The van der Waals surface area contributed by atoms with Gasteiger partial charge in [0.2, 0.25) is 0 Å². The summed E-state index contributed by atoms with van der Waals surface area (Å²) in [6.45, 7) is 0. The summed E-state index contributed by atoms with van der Waals surface area (Å²) in [5.41, 5.74) is 0.995. The van der Waals surface area contributed by atoms with Gasteiger partial charge in [-0.3, -0.25) is 10.1 Å². The van der Waals surface area contributed by atoms with Gasteiger partial charge in [0.25, 0.3) is 5.69 Å². The van der Waals surface area contributed by atoms with Crippen LogP contribution in [0.1, 0.15) is 11.1 Å². The Hall–Kier alpha value is -3.22. The molecule has 0 atom stereocenters. The van der Waals surface area contributed by atoms with Gasteiger partial charge < -0.3 is 9.84 Å². The van der Waals surface area contributed by atoms with Crippen LogP contribution in [0.15, 0.2) is 52.7 Å². The second kappa shape index (κ2) is 6.98. The summed E-state index contributed by atoms with van der Waals surface area (Å²) in [6, 6.07) is 10.8. The van der Waals surface area contributed by atoms with E-state index < -0.39 is 4.92 Å². The molecule has 0 radical (unpaired) electrons. The molecule has 0 spiro atoms. The topological polar surface area (TPSA) is 97.3 Å². The molecular formula is C15H13N3O4. The monoisotopic (exact) mass is 299 g/mol. The zero-order valence-electron chi connectivity index (χ0n) is 11.7. The molecule has 0 amide bonds. The molecule has 0 unspecified atom stereocenters. The van der Waals surface area contributed by atoms with E-state index in [1.807, 2.05) is 0 Å². The Kier molecular flexibility index (Phi) is 4.81. The molecule has 0 aromatic heterocycles. The Balaban J connectivity index is 2.12. The maximum absolute atomic E-state index is 10.7. The summed E-state index contributed by atoms with van der Waals surface area (Å²) in [5.74, 6) is 0.636. The zero-order chi connectivity index (χ0) is 15.9. The molecule has 2 aromatic rings. The summed E-state index contributed by atoms with van der Waals surface area (Å²) in [7, 11) is 1.52. The minimum absolute atomic E-state index is 0.0154. The Labute approximate surface area is 126 Å². The number of nitro groups is 1. The number of nitro benzene ring substituents is 1. The normalized spacial score (nSPS) is 11.1. The molecule has 2 rings (SSSR count). The van der Waals surface area contributed by atoms with Crippen molar-refractivity contribution in [3.05, 3.63) is 63.7 Å². The van der Waals surface area contributed by atoms with Crippen molar-refractivity contribution < 1.29 is 14.8 Å². The van der Waals surface area contributed by atoms with Crippen molar-refractivity contribution in [1.82, 2.24) is 0 Å². The highest BCUT2D eigenvalue weighted by Gasteiger charge is 2.03. The average Bonchev–Trinajstić information content (AvgIpc) is 2.53. The van der Waals surface area contributed by atoms with Crippen LogP contribution >= 0.6 is 0 Å². The van der Waals surface area contributed by atoms with E-state index in [1.165, 1.54) is 37.7 Å². The lowest BCUT2D eigenvalue weighted by molar-refractivity contribution is -0.384. The largest absolute Gasteiger partial charge is 0.507 e. The molecule has 0 aliphatic carbocycles. The molecular weight excluding hydrogens is 286 g/mol. The maximum atomic E-state index is 10.7. The Bertz CT molecular complexity index is 741. The fraction of sp³-hybridized carbons (Fsp3) is 0.0667. The lowest BCUT2D eigenvalue weighted by Crippen LogP contribution is -1.89. The fourth-order valence-corrected chi connectivity index (χ4v) is 1.68. The van der Waals surface area contributed by atoms with Gasteiger partial charge in [-0.2, -0.15) is 10.2 Å². The molecule has 0 aliphatic heterocycles. The van der Waals surface area contributed by atoms with Crippen molar-refractivity contribution in [2.75, 3.05) is 7.11 Å². The van der Waals surface area contributed by atoms with Gasteiger partial charge in [-0.05, 0) is 18.2 Å². The van der Waals surface area contributed by atoms with Crippen LogP contribution in [0.4, 0.5) is 5.69 Å². The van der Waals surface area contributed by atoms with Gasteiger partial charge in [0.05, 0.1) is 24.5 Å². The molecule has 0 saturated carbocycles. The molecule has 22 heavy (non-hydrogen) atoms.